The summed E-state index contributed by atoms with van der Waals surface area (Å²) in [5, 5.41) is 2.41. The first-order valence-corrected chi connectivity index (χ1v) is 12.6. The predicted molar refractivity (Wildman–Crippen MR) is 133 cm³/mol. The van der Waals surface area contributed by atoms with Crippen LogP contribution in [0.1, 0.15) is 6.42 Å². The Kier molecular flexibility index (Phi) is 6.94. The van der Waals surface area contributed by atoms with Crippen molar-refractivity contribution in [1.82, 2.24) is 23.5 Å². The van der Waals surface area contributed by atoms with Gasteiger partial charge in [-0.15, -0.1) is 0 Å². The molecular formula is C24H32N6O2S. The normalized spacial score (nSPS) is 17.1. The second kappa shape index (κ2) is 9.72. The van der Waals surface area contributed by atoms with E-state index in [1.165, 1.54) is 19.4 Å². The van der Waals surface area contributed by atoms with E-state index in [0.29, 0.717) is 19.1 Å². The lowest BCUT2D eigenvalue weighted by Crippen LogP contribution is -2.43. The molecule has 0 spiro atoms. The van der Waals surface area contributed by atoms with Gasteiger partial charge in [0.2, 0.25) is 5.95 Å². The number of likely N-dealkylation sites (N-methyl/N-ethyl adjacent to an activating group) is 2. The lowest BCUT2D eigenvalue weighted by Gasteiger charge is -2.28. The van der Waals surface area contributed by atoms with E-state index >= 15 is 0 Å². The average molecular weight is 469 g/mol. The molecule has 176 valence electrons. The number of nitrogens with zero attached hydrogens (tertiary/aromatic N) is 6. The van der Waals surface area contributed by atoms with E-state index in [0.717, 1.165) is 36.7 Å². The fourth-order valence-electron chi connectivity index (χ4n) is 4.17. The zero-order chi connectivity index (χ0) is 23.6. The Balaban J connectivity index is 1.41. The summed E-state index contributed by atoms with van der Waals surface area (Å²) >= 11 is 0. The first-order chi connectivity index (χ1) is 15.8. The average Bonchev–Trinajstić information content (AvgIpc) is 3.32. The maximum Gasteiger partial charge on any atom is 0.281 e. The largest absolute Gasteiger partial charge is 0.339 e. The van der Waals surface area contributed by atoms with Crippen molar-refractivity contribution >= 4 is 26.9 Å². The van der Waals surface area contributed by atoms with E-state index in [-0.39, 0.29) is 0 Å². The van der Waals surface area contributed by atoms with E-state index in [4.69, 9.17) is 4.98 Å². The lowest BCUT2D eigenvalue weighted by molar-refractivity contribution is 0.242. The number of fused-ring (bicyclic) bond motifs is 1. The topological polar surface area (TPSA) is 72.9 Å². The number of aromatic nitrogens is 2. The van der Waals surface area contributed by atoms with Crippen molar-refractivity contribution in [3.63, 3.8) is 0 Å². The third-order valence-corrected chi connectivity index (χ3v) is 8.27. The van der Waals surface area contributed by atoms with Gasteiger partial charge in [0.05, 0.1) is 5.69 Å². The van der Waals surface area contributed by atoms with E-state index in [2.05, 4.69) is 52.2 Å². The van der Waals surface area contributed by atoms with Gasteiger partial charge >= 0.3 is 0 Å². The Morgan fingerprint density at radius 2 is 1.76 bits per heavy atom. The van der Waals surface area contributed by atoms with Crippen molar-refractivity contribution in [1.29, 1.82) is 0 Å². The van der Waals surface area contributed by atoms with Gasteiger partial charge in [0, 0.05) is 65.1 Å². The Labute approximate surface area is 196 Å². The second-order valence-corrected chi connectivity index (χ2v) is 11.0. The number of rotatable bonds is 8. The molecule has 0 bridgehead atoms. The zero-order valence-corrected chi connectivity index (χ0v) is 20.5. The molecular weight excluding hydrogens is 436 g/mol. The minimum atomic E-state index is -3.39. The van der Waals surface area contributed by atoms with Crippen molar-refractivity contribution in [3.05, 3.63) is 54.7 Å². The van der Waals surface area contributed by atoms with Gasteiger partial charge in [0.15, 0.2) is 0 Å². The van der Waals surface area contributed by atoms with Crippen LogP contribution in [0, 0.1) is 0 Å². The highest BCUT2D eigenvalue weighted by Crippen LogP contribution is 2.25. The van der Waals surface area contributed by atoms with Crippen molar-refractivity contribution < 1.29 is 8.42 Å². The molecule has 1 aromatic heterocycles. The van der Waals surface area contributed by atoms with Crippen LogP contribution >= 0.6 is 0 Å². The molecule has 0 amide bonds. The molecule has 3 aromatic rings. The van der Waals surface area contributed by atoms with Gasteiger partial charge in [0.25, 0.3) is 10.2 Å². The third kappa shape index (κ3) is 5.16. The fourth-order valence-corrected chi connectivity index (χ4v) is 5.04. The van der Waals surface area contributed by atoms with Crippen molar-refractivity contribution in [2.45, 2.75) is 12.5 Å². The molecule has 0 N–H and O–H groups in total. The molecule has 1 fully saturated rings. The summed E-state index contributed by atoms with van der Waals surface area (Å²) in [4.78, 5) is 13.8. The van der Waals surface area contributed by atoms with E-state index in [1.807, 2.05) is 24.4 Å². The molecule has 1 atom stereocenters. The molecule has 1 aliphatic rings. The van der Waals surface area contributed by atoms with Crippen LogP contribution in [0.25, 0.3) is 22.0 Å². The Morgan fingerprint density at radius 3 is 2.52 bits per heavy atom. The van der Waals surface area contributed by atoms with Crippen molar-refractivity contribution in [3.8, 4) is 11.3 Å². The molecule has 9 heteroatoms. The van der Waals surface area contributed by atoms with Crippen LogP contribution in [-0.2, 0) is 10.2 Å². The molecule has 0 saturated carbocycles. The standard InChI is InChI=1S/C24H32N6O2S/c1-27(2)33(31,32)29(4)16-15-28(3)22-12-14-30(18-22)24-25-13-11-23(26-24)21-10-9-19-7-5-6-8-20(19)17-21/h5-11,13,17,22H,12,14-16,18H2,1-4H3/t22-/m1/s1. The lowest BCUT2D eigenvalue weighted by atomic mass is 10.1. The first kappa shape index (κ1) is 23.6. The van der Waals surface area contributed by atoms with Crippen LogP contribution in [-0.4, -0.2) is 92.3 Å². The molecule has 8 nitrogen and oxygen atoms in total. The van der Waals surface area contributed by atoms with Gasteiger partial charge in [-0.2, -0.15) is 17.0 Å². The minimum absolute atomic E-state index is 0.327. The Hall–Kier alpha value is -2.59. The Morgan fingerprint density at radius 1 is 1.00 bits per heavy atom. The fraction of sp³-hybridized carbons (Fsp3) is 0.417. The van der Waals surface area contributed by atoms with Crippen molar-refractivity contribution in [2.24, 2.45) is 0 Å². The van der Waals surface area contributed by atoms with E-state index < -0.39 is 10.2 Å². The maximum absolute atomic E-state index is 12.2. The molecule has 1 saturated heterocycles. The molecule has 0 unspecified atom stereocenters. The van der Waals surface area contributed by atoms with Crippen LogP contribution in [0.4, 0.5) is 5.95 Å². The molecule has 0 aliphatic carbocycles. The quantitative estimate of drug-likeness (QED) is 0.506. The van der Waals surface area contributed by atoms with Gasteiger partial charge < -0.3 is 9.80 Å². The van der Waals surface area contributed by atoms with Gasteiger partial charge in [-0.05, 0) is 36.4 Å². The van der Waals surface area contributed by atoms with Crippen molar-refractivity contribution in [2.75, 3.05) is 59.3 Å². The number of hydrogen-bond donors (Lipinski definition) is 0. The Bertz CT molecular complexity index is 1220. The highest BCUT2D eigenvalue weighted by Gasteiger charge is 2.28. The van der Waals surface area contributed by atoms with Crippen LogP contribution in [0.3, 0.4) is 0 Å². The van der Waals surface area contributed by atoms with E-state index in [9.17, 15) is 8.42 Å². The van der Waals surface area contributed by atoms with Gasteiger partial charge in [0.1, 0.15) is 0 Å². The smallest absolute Gasteiger partial charge is 0.281 e. The number of benzene rings is 2. The molecule has 1 aliphatic heterocycles. The highest BCUT2D eigenvalue weighted by atomic mass is 32.2. The zero-order valence-electron chi connectivity index (χ0n) is 19.7. The summed E-state index contributed by atoms with van der Waals surface area (Å²) in [6, 6.07) is 17.0. The summed E-state index contributed by atoms with van der Waals surface area (Å²) in [6.45, 7) is 2.81. The monoisotopic (exact) mass is 468 g/mol. The van der Waals surface area contributed by atoms with Gasteiger partial charge in [-0.1, -0.05) is 36.4 Å². The predicted octanol–water partition coefficient (Wildman–Crippen LogP) is 2.55. The summed E-state index contributed by atoms with van der Waals surface area (Å²) < 4.78 is 27.1. The molecule has 33 heavy (non-hydrogen) atoms. The molecule has 2 heterocycles. The summed E-state index contributed by atoms with van der Waals surface area (Å²) in [5.74, 6) is 0.740. The highest BCUT2D eigenvalue weighted by molar-refractivity contribution is 7.86. The van der Waals surface area contributed by atoms with Crippen LogP contribution in [0.5, 0.6) is 0 Å². The summed E-state index contributed by atoms with van der Waals surface area (Å²) in [5.41, 5.74) is 1.99. The number of hydrogen-bond acceptors (Lipinski definition) is 6. The molecule has 4 rings (SSSR count). The summed E-state index contributed by atoms with van der Waals surface area (Å²) in [6.07, 6.45) is 2.81. The second-order valence-electron chi connectivity index (χ2n) is 8.78. The first-order valence-electron chi connectivity index (χ1n) is 11.2. The molecule has 0 radical (unpaired) electrons. The summed E-state index contributed by atoms with van der Waals surface area (Å²) in [7, 11) is 3.39. The maximum atomic E-state index is 12.2. The third-order valence-electron chi connectivity index (χ3n) is 6.38. The van der Waals surface area contributed by atoms with Crippen LogP contribution in [0.15, 0.2) is 54.7 Å². The molecule has 2 aromatic carbocycles. The van der Waals surface area contributed by atoms with Gasteiger partial charge in [-0.3, -0.25) is 0 Å². The van der Waals surface area contributed by atoms with E-state index in [1.54, 1.807) is 21.1 Å². The van der Waals surface area contributed by atoms with Crippen LogP contribution < -0.4 is 4.90 Å². The number of anilines is 1. The van der Waals surface area contributed by atoms with Gasteiger partial charge in [-0.25, -0.2) is 9.97 Å². The van der Waals surface area contributed by atoms with Crippen LogP contribution in [0.2, 0.25) is 0 Å². The minimum Gasteiger partial charge on any atom is -0.339 e. The SMILES string of the molecule is CN(CCN(C)S(=O)(=O)N(C)C)[C@@H]1CCN(c2nccc(-c3ccc4ccccc4c3)n2)C1.